The number of carbonyl (C=O) groups is 2. The number of fused-ring (bicyclic) bond motifs is 1. The average molecular weight is 385 g/mol. The van der Waals surface area contributed by atoms with Crippen LogP contribution in [0.2, 0.25) is 0 Å². The second kappa shape index (κ2) is 9.25. The first-order chi connectivity index (χ1) is 13.2. The zero-order chi connectivity index (χ0) is 20.7. The van der Waals surface area contributed by atoms with Crippen LogP contribution in [0.1, 0.15) is 46.6 Å². The molecule has 0 aliphatic rings. The predicted octanol–water partition coefficient (Wildman–Crippen LogP) is 3.02. The van der Waals surface area contributed by atoms with E-state index in [1.54, 1.807) is 33.2 Å². The first-order valence-corrected chi connectivity index (χ1v) is 9.23. The van der Waals surface area contributed by atoms with E-state index in [2.05, 4.69) is 25.8 Å². The summed E-state index contributed by atoms with van der Waals surface area (Å²) < 4.78 is 5.25. The Morgan fingerprint density at radius 2 is 1.89 bits per heavy atom. The third-order valence-electron chi connectivity index (χ3n) is 4.05. The Labute approximate surface area is 164 Å². The van der Waals surface area contributed by atoms with Crippen molar-refractivity contribution in [2.24, 2.45) is 11.0 Å². The first-order valence-electron chi connectivity index (χ1n) is 9.23. The maximum Gasteiger partial charge on any atom is 0.408 e. The first kappa shape index (κ1) is 21.3. The monoisotopic (exact) mass is 385 g/mol. The van der Waals surface area contributed by atoms with E-state index in [1.165, 1.54) is 6.21 Å². The van der Waals surface area contributed by atoms with Gasteiger partial charge in [-0.1, -0.05) is 26.3 Å². The summed E-state index contributed by atoms with van der Waals surface area (Å²) in [5.41, 5.74) is 4.14. The van der Waals surface area contributed by atoms with Gasteiger partial charge >= 0.3 is 6.09 Å². The molecular formula is C20H27N5O3. The molecule has 0 fully saturated rings. The minimum Gasteiger partial charge on any atom is -0.444 e. The van der Waals surface area contributed by atoms with Gasteiger partial charge in [0.15, 0.2) is 0 Å². The maximum atomic E-state index is 12.5. The molecule has 2 atom stereocenters. The number of aromatic nitrogens is 2. The SMILES string of the molecule is CCC(C)[C@H](NC(=O)OC(C)(C)C)C(=O)N/N=C/c1ccc2nccnc2c1. The highest BCUT2D eigenvalue weighted by Gasteiger charge is 2.28. The molecule has 0 spiro atoms. The van der Waals surface area contributed by atoms with E-state index in [9.17, 15) is 9.59 Å². The summed E-state index contributed by atoms with van der Waals surface area (Å²) in [4.78, 5) is 33.0. The molecule has 2 aromatic rings. The Balaban J connectivity index is 2.03. The molecule has 0 saturated carbocycles. The van der Waals surface area contributed by atoms with Crippen LogP contribution in [-0.2, 0) is 9.53 Å². The summed E-state index contributed by atoms with van der Waals surface area (Å²) in [6.07, 6.45) is 4.84. The van der Waals surface area contributed by atoms with Gasteiger partial charge in [-0.25, -0.2) is 10.2 Å². The van der Waals surface area contributed by atoms with Gasteiger partial charge in [-0.2, -0.15) is 5.10 Å². The van der Waals surface area contributed by atoms with Crippen molar-refractivity contribution in [3.8, 4) is 0 Å². The molecule has 8 heteroatoms. The molecule has 0 bridgehead atoms. The van der Waals surface area contributed by atoms with Gasteiger partial charge in [0.1, 0.15) is 11.6 Å². The number of hydrogen-bond acceptors (Lipinski definition) is 6. The highest BCUT2D eigenvalue weighted by atomic mass is 16.6. The number of ether oxygens (including phenoxy) is 1. The van der Waals surface area contributed by atoms with Crippen LogP contribution in [0, 0.1) is 5.92 Å². The van der Waals surface area contributed by atoms with Gasteiger partial charge in [0.2, 0.25) is 0 Å². The molecule has 150 valence electrons. The van der Waals surface area contributed by atoms with Crippen molar-refractivity contribution in [1.29, 1.82) is 0 Å². The van der Waals surface area contributed by atoms with Crippen LogP contribution in [0.5, 0.6) is 0 Å². The second-order valence-corrected chi connectivity index (χ2v) is 7.55. The fourth-order valence-electron chi connectivity index (χ4n) is 2.44. The molecule has 2 N–H and O–H groups in total. The van der Waals surface area contributed by atoms with E-state index in [-0.39, 0.29) is 5.92 Å². The molecule has 0 aliphatic heterocycles. The van der Waals surface area contributed by atoms with E-state index in [0.29, 0.717) is 6.42 Å². The number of nitrogens with zero attached hydrogens (tertiary/aromatic N) is 3. The van der Waals surface area contributed by atoms with Gasteiger partial charge in [0.25, 0.3) is 5.91 Å². The number of amides is 2. The summed E-state index contributed by atoms with van der Waals surface area (Å²) >= 11 is 0. The van der Waals surface area contributed by atoms with Gasteiger partial charge in [-0.05, 0) is 44.4 Å². The van der Waals surface area contributed by atoms with Crippen LogP contribution in [0.15, 0.2) is 35.7 Å². The van der Waals surface area contributed by atoms with Crippen LogP contribution in [0.3, 0.4) is 0 Å². The summed E-state index contributed by atoms with van der Waals surface area (Å²) in [6, 6.07) is 4.73. The number of rotatable bonds is 6. The Bertz CT molecular complexity index is 860. The van der Waals surface area contributed by atoms with Gasteiger partial charge in [0, 0.05) is 12.4 Å². The molecule has 0 aliphatic carbocycles. The van der Waals surface area contributed by atoms with E-state index in [0.717, 1.165) is 16.6 Å². The van der Waals surface area contributed by atoms with Gasteiger partial charge in [-0.3, -0.25) is 14.8 Å². The number of hydrogen-bond donors (Lipinski definition) is 2. The topological polar surface area (TPSA) is 106 Å². The maximum absolute atomic E-state index is 12.5. The lowest BCUT2D eigenvalue weighted by molar-refractivity contribution is -0.124. The molecule has 1 heterocycles. The smallest absolute Gasteiger partial charge is 0.408 e. The molecule has 0 radical (unpaired) electrons. The number of hydrazone groups is 1. The van der Waals surface area contributed by atoms with E-state index in [4.69, 9.17) is 4.74 Å². The van der Waals surface area contributed by atoms with Crippen molar-refractivity contribution in [2.75, 3.05) is 0 Å². The molecule has 8 nitrogen and oxygen atoms in total. The van der Waals surface area contributed by atoms with Crippen molar-refractivity contribution >= 4 is 29.2 Å². The van der Waals surface area contributed by atoms with Crippen LogP contribution in [0.25, 0.3) is 11.0 Å². The normalized spacial score (nSPS) is 13.9. The van der Waals surface area contributed by atoms with Gasteiger partial charge < -0.3 is 10.1 Å². The highest BCUT2D eigenvalue weighted by Crippen LogP contribution is 2.12. The molecule has 0 saturated heterocycles. The Morgan fingerprint density at radius 1 is 1.21 bits per heavy atom. The standard InChI is InChI=1S/C20H27N5O3/c1-6-13(2)17(24-19(27)28-20(3,4)5)18(26)25-23-12-14-7-8-15-16(11-14)22-10-9-21-15/h7-13,17H,6H2,1-5H3,(H,24,27)(H,25,26)/b23-12+/t13?,17-/m0/s1. The Hall–Kier alpha value is -3.03. The Kier molecular flexibility index (Phi) is 7.03. The lowest BCUT2D eigenvalue weighted by Crippen LogP contribution is -2.50. The molecular weight excluding hydrogens is 358 g/mol. The van der Waals surface area contributed by atoms with Crippen LogP contribution < -0.4 is 10.7 Å². The molecule has 1 aromatic heterocycles. The molecule has 2 amide bonds. The van der Waals surface area contributed by atoms with Crippen LogP contribution in [-0.4, -0.2) is 39.8 Å². The summed E-state index contributed by atoms with van der Waals surface area (Å²) in [6.45, 7) is 9.13. The zero-order valence-electron chi connectivity index (χ0n) is 16.9. The number of benzene rings is 1. The number of carbonyl (C=O) groups excluding carboxylic acids is 2. The lowest BCUT2D eigenvalue weighted by atomic mass is 9.99. The fourth-order valence-corrected chi connectivity index (χ4v) is 2.44. The minimum atomic E-state index is -0.750. The molecule has 28 heavy (non-hydrogen) atoms. The van der Waals surface area contributed by atoms with Crippen molar-refractivity contribution in [1.82, 2.24) is 20.7 Å². The summed E-state index contributed by atoms with van der Waals surface area (Å²) in [5.74, 6) is -0.490. The fraction of sp³-hybridized carbons (Fsp3) is 0.450. The number of alkyl carbamates (subject to hydrolysis) is 1. The Morgan fingerprint density at radius 3 is 2.54 bits per heavy atom. The van der Waals surface area contributed by atoms with Crippen LogP contribution >= 0.6 is 0 Å². The van der Waals surface area contributed by atoms with E-state index >= 15 is 0 Å². The van der Waals surface area contributed by atoms with Crippen molar-refractivity contribution in [3.05, 3.63) is 36.2 Å². The highest BCUT2D eigenvalue weighted by molar-refractivity contribution is 5.89. The van der Waals surface area contributed by atoms with E-state index in [1.807, 2.05) is 32.0 Å². The summed E-state index contributed by atoms with van der Waals surface area (Å²) in [7, 11) is 0. The van der Waals surface area contributed by atoms with Gasteiger partial charge in [-0.15, -0.1) is 0 Å². The third-order valence-corrected chi connectivity index (χ3v) is 4.05. The van der Waals surface area contributed by atoms with Crippen molar-refractivity contribution in [2.45, 2.75) is 52.7 Å². The number of nitrogens with one attached hydrogen (secondary N) is 2. The van der Waals surface area contributed by atoms with Crippen molar-refractivity contribution in [3.63, 3.8) is 0 Å². The molecule has 2 rings (SSSR count). The largest absolute Gasteiger partial charge is 0.444 e. The van der Waals surface area contributed by atoms with E-state index < -0.39 is 23.6 Å². The summed E-state index contributed by atoms with van der Waals surface area (Å²) in [5, 5.41) is 6.63. The van der Waals surface area contributed by atoms with Gasteiger partial charge in [0.05, 0.1) is 17.2 Å². The average Bonchev–Trinajstić information content (AvgIpc) is 2.64. The molecule has 1 unspecified atom stereocenters. The minimum absolute atomic E-state index is 0.0846. The quantitative estimate of drug-likeness (QED) is 0.587. The van der Waals surface area contributed by atoms with Crippen LogP contribution in [0.4, 0.5) is 4.79 Å². The second-order valence-electron chi connectivity index (χ2n) is 7.55. The van der Waals surface area contributed by atoms with Crippen molar-refractivity contribution < 1.29 is 14.3 Å². The molecule has 1 aromatic carbocycles. The predicted molar refractivity (Wildman–Crippen MR) is 108 cm³/mol. The lowest BCUT2D eigenvalue weighted by Gasteiger charge is -2.25. The zero-order valence-corrected chi connectivity index (χ0v) is 16.9. The third kappa shape index (κ3) is 6.29.